The highest BCUT2D eigenvalue weighted by Crippen LogP contribution is 2.27. The Balaban J connectivity index is 2.38. The second-order valence-corrected chi connectivity index (χ2v) is 4.19. The largest absolute Gasteiger partial charge is 0.437 e. The van der Waals surface area contributed by atoms with Crippen LogP contribution in [0.3, 0.4) is 0 Å². The van der Waals surface area contributed by atoms with Crippen LogP contribution in [-0.4, -0.2) is 9.97 Å². The summed E-state index contributed by atoms with van der Waals surface area (Å²) in [5.41, 5.74) is 11.2. The van der Waals surface area contributed by atoms with Crippen LogP contribution in [0.1, 0.15) is 0 Å². The Kier molecular flexibility index (Phi) is 3.01. The van der Waals surface area contributed by atoms with E-state index in [2.05, 4.69) is 25.9 Å². The van der Waals surface area contributed by atoms with Crippen LogP contribution in [0.5, 0.6) is 11.6 Å². The average molecular weight is 297 g/mol. The second-order valence-electron chi connectivity index (χ2n) is 3.27. The molecule has 0 aliphatic heterocycles. The Morgan fingerprint density at radius 2 is 2.06 bits per heavy atom. The fraction of sp³-hybridized carbons (Fsp3) is 0. The van der Waals surface area contributed by atoms with Crippen LogP contribution in [0.2, 0.25) is 0 Å². The summed E-state index contributed by atoms with van der Waals surface area (Å²) in [5, 5.41) is 0. The smallest absolute Gasteiger partial charge is 0.277 e. The highest BCUT2D eigenvalue weighted by atomic mass is 79.9. The molecule has 1 heterocycles. The summed E-state index contributed by atoms with van der Waals surface area (Å²) in [6.07, 6.45) is 1.22. The minimum absolute atomic E-state index is 0.0475. The van der Waals surface area contributed by atoms with E-state index in [1.54, 1.807) is 18.2 Å². The van der Waals surface area contributed by atoms with Crippen molar-refractivity contribution in [3.05, 3.63) is 39.4 Å². The van der Waals surface area contributed by atoms with Gasteiger partial charge in [-0.1, -0.05) is 15.9 Å². The molecule has 1 aromatic heterocycles. The van der Waals surface area contributed by atoms with Crippen molar-refractivity contribution in [1.82, 2.24) is 9.97 Å². The van der Waals surface area contributed by atoms with Crippen molar-refractivity contribution in [3.63, 3.8) is 0 Å². The van der Waals surface area contributed by atoms with E-state index in [9.17, 15) is 4.79 Å². The molecule has 0 aliphatic rings. The summed E-state index contributed by atoms with van der Waals surface area (Å²) in [6.45, 7) is 0. The summed E-state index contributed by atoms with van der Waals surface area (Å²) < 4.78 is 6.15. The number of aromatic amines is 1. The zero-order chi connectivity index (χ0) is 12.4. The van der Waals surface area contributed by atoms with Gasteiger partial charge < -0.3 is 21.2 Å². The number of aromatic nitrogens is 2. The highest BCUT2D eigenvalue weighted by Gasteiger charge is 2.07. The minimum atomic E-state index is -0.446. The molecule has 0 saturated carbocycles. The van der Waals surface area contributed by atoms with Gasteiger partial charge in [0.15, 0.2) is 5.69 Å². The first-order valence-electron chi connectivity index (χ1n) is 4.63. The number of hydrogen-bond acceptors (Lipinski definition) is 5. The Bertz CT molecular complexity index is 591. The van der Waals surface area contributed by atoms with Crippen LogP contribution in [0, 0.1) is 0 Å². The SMILES string of the molecule is Nc1cc(Br)cc(Oc2nc[nH]c(=O)c2N)c1. The van der Waals surface area contributed by atoms with Gasteiger partial charge in [-0.2, -0.15) is 0 Å². The van der Waals surface area contributed by atoms with Crippen LogP contribution in [-0.2, 0) is 0 Å². The number of nitrogen functional groups attached to an aromatic ring is 2. The topological polar surface area (TPSA) is 107 Å². The van der Waals surface area contributed by atoms with Crippen molar-refractivity contribution in [1.29, 1.82) is 0 Å². The lowest BCUT2D eigenvalue weighted by atomic mass is 10.3. The summed E-state index contributed by atoms with van der Waals surface area (Å²) in [6, 6.07) is 5.02. The number of benzene rings is 1. The molecule has 6 nitrogen and oxygen atoms in total. The van der Waals surface area contributed by atoms with E-state index in [1.807, 2.05) is 0 Å². The molecule has 7 heteroatoms. The number of rotatable bonds is 2. The number of hydrogen-bond donors (Lipinski definition) is 3. The van der Waals surface area contributed by atoms with E-state index in [1.165, 1.54) is 6.33 Å². The normalized spacial score (nSPS) is 10.2. The molecule has 2 aromatic rings. The second kappa shape index (κ2) is 4.46. The van der Waals surface area contributed by atoms with Crippen molar-refractivity contribution in [2.75, 3.05) is 11.5 Å². The summed E-state index contributed by atoms with van der Waals surface area (Å²) in [5.74, 6) is 0.493. The molecule has 2 rings (SSSR count). The maximum Gasteiger partial charge on any atom is 0.277 e. The number of nitrogens with zero attached hydrogens (tertiary/aromatic N) is 1. The zero-order valence-corrected chi connectivity index (χ0v) is 10.2. The number of ether oxygens (including phenoxy) is 1. The van der Waals surface area contributed by atoms with Gasteiger partial charge in [0.05, 0.1) is 6.33 Å². The first-order chi connectivity index (χ1) is 8.06. The van der Waals surface area contributed by atoms with E-state index >= 15 is 0 Å². The van der Waals surface area contributed by atoms with Crippen molar-refractivity contribution >= 4 is 27.3 Å². The van der Waals surface area contributed by atoms with Crippen LogP contribution < -0.4 is 21.8 Å². The van der Waals surface area contributed by atoms with Crippen LogP contribution in [0.15, 0.2) is 33.8 Å². The molecule has 88 valence electrons. The lowest BCUT2D eigenvalue weighted by Gasteiger charge is -2.07. The summed E-state index contributed by atoms with van der Waals surface area (Å²) in [7, 11) is 0. The molecule has 0 aliphatic carbocycles. The number of halogens is 1. The molecule has 0 spiro atoms. The van der Waals surface area contributed by atoms with Crippen LogP contribution in [0.25, 0.3) is 0 Å². The maximum atomic E-state index is 11.2. The number of H-pyrrole nitrogens is 1. The summed E-state index contributed by atoms with van der Waals surface area (Å²) >= 11 is 3.28. The van der Waals surface area contributed by atoms with Crippen molar-refractivity contribution in [2.24, 2.45) is 0 Å². The van der Waals surface area contributed by atoms with Crippen molar-refractivity contribution < 1.29 is 4.74 Å². The molecule has 0 radical (unpaired) electrons. The molecule has 17 heavy (non-hydrogen) atoms. The van der Waals surface area contributed by atoms with E-state index in [0.717, 1.165) is 4.47 Å². The molecule has 0 fully saturated rings. The Morgan fingerprint density at radius 3 is 2.76 bits per heavy atom. The fourth-order valence-corrected chi connectivity index (χ4v) is 1.72. The third-order valence-corrected chi connectivity index (χ3v) is 2.42. The van der Waals surface area contributed by atoms with Crippen molar-refractivity contribution in [2.45, 2.75) is 0 Å². The summed E-state index contributed by atoms with van der Waals surface area (Å²) in [4.78, 5) is 17.4. The number of anilines is 2. The van der Waals surface area contributed by atoms with Gasteiger partial charge in [0.1, 0.15) is 5.75 Å². The highest BCUT2D eigenvalue weighted by molar-refractivity contribution is 9.10. The molecule has 0 unspecified atom stereocenters. The third kappa shape index (κ3) is 2.56. The number of nitrogens with one attached hydrogen (secondary N) is 1. The van der Waals surface area contributed by atoms with Gasteiger partial charge >= 0.3 is 0 Å². The van der Waals surface area contributed by atoms with Crippen LogP contribution in [0.4, 0.5) is 11.4 Å². The lowest BCUT2D eigenvalue weighted by molar-refractivity contribution is 0.463. The average Bonchev–Trinajstić information content (AvgIpc) is 2.23. The minimum Gasteiger partial charge on any atom is -0.437 e. The van der Waals surface area contributed by atoms with Gasteiger partial charge in [0, 0.05) is 16.2 Å². The van der Waals surface area contributed by atoms with Gasteiger partial charge in [-0.15, -0.1) is 0 Å². The van der Waals surface area contributed by atoms with Gasteiger partial charge in [-0.3, -0.25) is 4.79 Å². The molecule has 1 aromatic carbocycles. The first kappa shape index (κ1) is 11.5. The fourth-order valence-electron chi connectivity index (χ4n) is 1.23. The lowest BCUT2D eigenvalue weighted by Crippen LogP contribution is -2.13. The quantitative estimate of drug-likeness (QED) is 0.728. The van der Waals surface area contributed by atoms with Gasteiger partial charge in [0.25, 0.3) is 5.56 Å². The molecule has 0 saturated heterocycles. The predicted molar refractivity (Wildman–Crippen MR) is 67.9 cm³/mol. The predicted octanol–water partition coefficient (Wildman–Crippen LogP) is 1.49. The molecule has 0 bridgehead atoms. The van der Waals surface area contributed by atoms with E-state index in [4.69, 9.17) is 16.2 Å². The van der Waals surface area contributed by atoms with E-state index in [-0.39, 0.29) is 11.6 Å². The monoisotopic (exact) mass is 296 g/mol. The van der Waals surface area contributed by atoms with E-state index in [0.29, 0.717) is 11.4 Å². The molecule has 0 amide bonds. The molecule has 0 atom stereocenters. The third-order valence-electron chi connectivity index (χ3n) is 1.96. The molecular formula is C10H9BrN4O2. The van der Waals surface area contributed by atoms with Gasteiger partial charge in [-0.05, 0) is 12.1 Å². The van der Waals surface area contributed by atoms with Gasteiger partial charge in [0.2, 0.25) is 5.88 Å². The van der Waals surface area contributed by atoms with Crippen LogP contribution >= 0.6 is 15.9 Å². The molecule has 5 N–H and O–H groups in total. The van der Waals surface area contributed by atoms with Crippen molar-refractivity contribution in [3.8, 4) is 11.6 Å². The Morgan fingerprint density at radius 1 is 1.29 bits per heavy atom. The molecular weight excluding hydrogens is 288 g/mol. The maximum absolute atomic E-state index is 11.2. The standard InChI is InChI=1S/C10H9BrN4O2/c11-5-1-6(12)3-7(2-5)17-10-8(13)9(16)14-4-15-10/h1-4H,12-13H2,(H,14,15,16). The van der Waals surface area contributed by atoms with E-state index < -0.39 is 5.56 Å². The number of nitrogens with two attached hydrogens (primary N) is 2. The van der Waals surface area contributed by atoms with Gasteiger partial charge in [-0.25, -0.2) is 4.98 Å². The Labute approximate surface area is 105 Å². The first-order valence-corrected chi connectivity index (χ1v) is 5.42. The zero-order valence-electron chi connectivity index (χ0n) is 8.61. The Hall–Kier alpha value is -2.02.